The molecule has 21 heavy (non-hydrogen) atoms. The minimum Gasteiger partial charge on any atom is -0.372 e. The van der Waals surface area contributed by atoms with E-state index in [9.17, 15) is 0 Å². The van der Waals surface area contributed by atoms with Gasteiger partial charge in [-0.15, -0.1) is 0 Å². The molecule has 1 N–H and O–H groups in total. The normalized spacial score (nSPS) is 19.5. The molecule has 0 amide bonds. The summed E-state index contributed by atoms with van der Waals surface area (Å²) in [5, 5.41) is 3.47. The maximum atomic E-state index is 3.47. The molecule has 1 heterocycles. The Balaban J connectivity index is 1.86. The fourth-order valence-electron chi connectivity index (χ4n) is 3.35. The van der Waals surface area contributed by atoms with Crippen LogP contribution in [-0.2, 0) is 6.54 Å². The third-order valence-electron chi connectivity index (χ3n) is 4.60. The van der Waals surface area contributed by atoms with E-state index in [2.05, 4.69) is 48.3 Å². The second-order valence-electron chi connectivity index (χ2n) is 6.42. The third-order valence-corrected chi connectivity index (χ3v) is 4.60. The number of hydrogen-bond acceptors (Lipinski definition) is 2. The number of benzene rings is 1. The monoisotopic (exact) mass is 288 g/mol. The second-order valence-corrected chi connectivity index (χ2v) is 6.42. The quantitative estimate of drug-likeness (QED) is 0.738. The van der Waals surface area contributed by atoms with Crippen LogP contribution in [0.25, 0.3) is 0 Å². The first kappa shape index (κ1) is 16.4. The zero-order valence-electron chi connectivity index (χ0n) is 13.9. The van der Waals surface area contributed by atoms with E-state index >= 15 is 0 Å². The van der Waals surface area contributed by atoms with E-state index in [0.717, 1.165) is 19.0 Å². The minimum absolute atomic E-state index is 0.956. The zero-order valence-corrected chi connectivity index (χ0v) is 13.9. The van der Waals surface area contributed by atoms with Gasteiger partial charge < -0.3 is 10.2 Å². The first-order valence-corrected chi connectivity index (χ1v) is 8.88. The molecule has 2 heteroatoms. The molecule has 0 radical (unpaired) electrons. The number of nitrogens with one attached hydrogen (secondary N) is 1. The maximum absolute atomic E-state index is 3.47. The summed E-state index contributed by atoms with van der Waals surface area (Å²) in [6, 6.07) is 9.19. The standard InChI is InChI=1S/C19H32N2/c1-3-6-17-7-5-14-21(15-12-17)19-10-8-18(9-11-19)16-20-13-4-2/h8-11,17,20H,3-7,12-16H2,1-2H3. The summed E-state index contributed by atoms with van der Waals surface area (Å²) in [5.41, 5.74) is 2.80. The van der Waals surface area contributed by atoms with Crippen LogP contribution in [0.1, 0.15) is 57.9 Å². The Morgan fingerprint density at radius 1 is 1.05 bits per heavy atom. The van der Waals surface area contributed by atoms with Gasteiger partial charge in [0.15, 0.2) is 0 Å². The highest BCUT2D eigenvalue weighted by atomic mass is 15.1. The van der Waals surface area contributed by atoms with Crippen molar-refractivity contribution in [1.29, 1.82) is 0 Å². The van der Waals surface area contributed by atoms with E-state index in [0.29, 0.717) is 0 Å². The van der Waals surface area contributed by atoms with Crippen LogP contribution in [0.5, 0.6) is 0 Å². The summed E-state index contributed by atoms with van der Waals surface area (Å²) >= 11 is 0. The third kappa shape index (κ3) is 5.35. The molecular weight excluding hydrogens is 256 g/mol. The molecule has 1 fully saturated rings. The van der Waals surface area contributed by atoms with Gasteiger partial charge in [-0.25, -0.2) is 0 Å². The lowest BCUT2D eigenvalue weighted by atomic mass is 9.96. The van der Waals surface area contributed by atoms with E-state index in [1.807, 2.05) is 0 Å². The highest BCUT2D eigenvalue weighted by molar-refractivity contribution is 5.47. The molecule has 1 aliphatic heterocycles. The minimum atomic E-state index is 0.956. The topological polar surface area (TPSA) is 15.3 Å². The van der Waals surface area contributed by atoms with Gasteiger partial charge in [-0.05, 0) is 55.8 Å². The van der Waals surface area contributed by atoms with Crippen molar-refractivity contribution < 1.29 is 0 Å². The molecule has 0 saturated carbocycles. The Kier molecular flexibility index (Phi) is 7.08. The van der Waals surface area contributed by atoms with Crippen molar-refractivity contribution in [1.82, 2.24) is 5.32 Å². The average Bonchev–Trinajstić information content (AvgIpc) is 2.74. The van der Waals surface area contributed by atoms with E-state index in [4.69, 9.17) is 0 Å². The van der Waals surface area contributed by atoms with Crippen molar-refractivity contribution in [3.63, 3.8) is 0 Å². The molecule has 1 saturated heterocycles. The smallest absolute Gasteiger partial charge is 0.0366 e. The van der Waals surface area contributed by atoms with Crippen molar-refractivity contribution in [2.75, 3.05) is 24.5 Å². The molecule has 0 spiro atoms. The molecule has 1 aliphatic rings. The van der Waals surface area contributed by atoms with Gasteiger partial charge in [0.05, 0.1) is 0 Å². The maximum Gasteiger partial charge on any atom is 0.0366 e. The molecule has 118 valence electrons. The van der Waals surface area contributed by atoms with Crippen LogP contribution in [0.3, 0.4) is 0 Å². The first-order chi connectivity index (χ1) is 10.3. The molecular formula is C19H32N2. The fraction of sp³-hybridized carbons (Fsp3) is 0.684. The van der Waals surface area contributed by atoms with Gasteiger partial charge in [0.1, 0.15) is 0 Å². The molecule has 0 bridgehead atoms. The van der Waals surface area contributed by atoms with Gasteiger partial charge >= 0.3 is 0 Å². The summed E-state index contributed by atoms with van der Waals surface area (Å²) < 4.78 is 0. The van der Waals surface area contributed by atoms with Crippen LogP contribution in [0.4, 0.5) is 5.69 Å². The Bertz CT molecular complexity index is 385. The number of anilines is 1. The van der Waals surface area contributed by atoms with Crippen LogP contribution in [0.2, 0.25) is 0 Å². The van der Waals surface area contributed by atoms with Gasteiger partial charge in [-0.3, -0.25) is 0 Å². The molecule has 1 aromatic rings. The fourth-order valence-corrected chi connectivity index (χ4v) is 3.35. The second kappa shape index (κ2) is 9.09. The van der Waals surface area contributed by atoms with Crippen LogP contribution >= 0.6 is 0 Å². The van der Waals surface area contributed by atoms with E-state index < -0.39 is 0 Å². The molecule has 2 nitrogen and oxygen atoms in total. The molecule has 0 aromatic heterocycles. The van der Waals surface area contributed by atoms with Gasteiger partial charge in [-0.2, -0.15) is 0 Å². The lowest BCUT2D eigenvalue weighted by Crippen LogP contribution is -2.24. The number of nitrogens with zero attached hydrogens (tertiary/aromatic N) is 1. The van der Waals surface area contributed by atoms with Crippen LogP contribution < -0.4 is 10.2 Å². The number of rotatable bonds is 7. The van der Waals surface area contributed by atoms with Crippen molar-refractivity contribution in [2.45, 2.75) is 58.9 Å². The van der Waals surface area contributed by atoms with Crippen molar-refractivity contribution in [3.8, 4) is 0 Å². The Labute approximate surface area is 130 Å². The predicted octanol–water partition coefficient (Wildman–Crippen LogP) is 4.59. The highest BCUT2D eigenvalue weighted by Gasteiger charge is 2.16. The van der Waals surface area contributed by atoms with Crippen LogP contribution in [0.15, 0.2) is 24.3 Å². The number of hydrogen-bond donors (Lipinski definition) is 1. The molecule has 2 rings (SSSR count). The van der Waals surface area contributed by atoms with Gasteiger partial charge in [0, 0.05) is 25.3 Å². The zero-order chi connectivity index (χ0) is 14.9. The molecule has 1 aromatic carbocycles. The van der Waals surface area contributed by atoms with Crippen LogP contribution in [-0.4, -0.2) is 19.6 Å². The summed E-state index contributed by atoms with van der Waals surface area (Å²) in [6.07, 6.45) is 8.09. The summed E-state index contributed by atoms with van der Waals surface area (Å²) in [4.78, 5) is 2.58. The SMILES string of the molecule is CCCNCc1ccc(N2CCCC(CCC)CC2)cc1. The lowest BCUT2D eigenvalue weighted by Gasteiger charge is -2.23. The predicted molar refractivity (Wildman–Crippen MR) is 92.9 cm³/mol. The van der Waals surface area contributed by atoms with E-state index in [1.54, 1.807) is 0 Å². The van der Waals surface area contributed by atoms with Gasteiger partial charge in [0.2, 0.25) is 0 Å². The lowest BCUT2D eigenvalue weighted by molar-refractivity contribution is 0.435. The summed E-state index contributed by atoms with van der Waals surface area (Å²) in [7, 11) is 0. The largest absolute Gasteiger partial charge is 0.372 e. The molecule has 1 atom stereocenters. The van der Waals surface area contributed by atoms with Gasteiger partial charge in [-0.1, -0.05) is 38.8 Å². The summed E-state index contributed by atoms with van der Waals surface area (Å²) in [5.74, 6) is 0.956. The van der Waals surface area contributed by atoms with Crippen molar-refractivity contribution in [2.24, 2.45) is 5.92 Å². The van der Waals surface area contributed by atoms with Gasteiger partial charge in [0.25, 0.3) is 0 Å². The first-order valence-electron chi connectivity index (χ1n) is 8.88. The Hall–Kier alpha value is -1.02. The molecule has 1 unspecified atom stereocenters. The average molecular weight is 288 g/mol. The Morgan fingerprint density at radius 3 is 2.57 bits per heavy atom. The molecule has 0 aliphatic carbocycles. The summed E-state index contributed by atoms with van der Waals surface area (Å²) in [6.45, 7) is 9.08. The highest BCUT2D eigenvalue weighted by Crippen LogP contribution is 2.25. The van der Waals surface area contributed by atoms with Crippen molar-refractivity contribution in [3.05, 3.63) is 29.8 Å². The van der Waals surface area contributed by atoms with Crippen molar-refractivity contribution >= 4 is 5.69 Å². The van der Waals surface area contributed by atoms with E-state index in [-0.39, 0.29) is 0 Å². The van der Waals surface area contributed by atoms with Crippen LogP contribution in [0, 0.1) is 5.92 Å². The Morgan fingerprint density at radius 2 is 1.86 bits per heavy atom. The van der Waals surface area contributed by atoms with E-state index in [1.165, 1.54) is 62.9 Å².